The average molecular weight is 261 g/mol. The van der Waals surface area contributed by atoms with Gasteiger partial charge in [-0.25, -0.2) is 8.78 Å². The molecule has 4 heteroatoms. The molecule has 0 fully saturated rings. The van der Waals surface area contributed by atoms with Crippen LogP contribution in [0.4, 0.5) is 14.5 Å². The largest absolute Gasteiger partial charge is 0.398 e. The van der Waals surface area contributed by atoms with E-state index in [1.54, 1.807) is 12.1 Å². The van der Waals surface area contributed by atoms with Gasteiger partial charge in [-0.15, -0.1) is 0 Å². The first-order valence-corrected chi connectivity index (χ1v) is 5.81. The van der Waals surface area contributed by atoms with Gasteiger partial charge in [0.15, 0.2) is 5.78 Å². The third-order valence-corrected chi connectivity index (χ3v) is 3.00. The Morgan fingerprint density at radius 2 is 1.79 bits per heavy atom. The van der Waals surface area contributed by atoms with Crippen LogP contribution in [0.3, 0.4) is 0 Å². The van der Waals surface area contributed by atoms with E-state index in [2.05, 4.69) is 0 Å². The lowest BCUT2D eigenvalue weighted by Gasteiger charge is -2.06. The van der Waals surface area contributed by atoms with E-state index in [0.29, 0.717) is 11.3 Å². The summed E-state index contributed by atoms with van der Waals surface area (Å²) in [5.41, 5.74) is 7.19. The van der Waals surface area contributed by atoms with Crippen molar-refractivity contribution in [1.82, 2.24) is 0 Å². The van der Waals surface area contributed by atoms with Crippen molar-refractivity contribution in [3.05, 3.63) is 64.7 Å². The highest BCUT2D eigenvalue weighted by molar-refractivity contribution is 5.98. The van der Waals surface area contributed by atoms with E-state index in [0.717, 1.165) is 17.7 Å². The molecule has 0 aromatic heterocycles. The number of benzene rings is 2. The van der Waals surface area contributed by atoms with E-state index >= 15 is 0 Å². The van der Waals surface area contributed by atoms with E-state index in [9.17, 15) is 13.6 Å². The molecule has 0 aliphatic rings. The number of Topliss-reactive ketones (excluding diaryl/α,β-unsaturated/α-hetero) is 1. The van der Waals surface area contributed by atoms with Gasteiger partial charge >= 0.3 is 0 Å². The van der Waals surface area contributed by atoms with E-state index in [1.165, 1.54) is 12.1 Å². The first kappa shape index (κ1) is 13.2. The quantitative estimate of drug-likeness (QED) is 0.680. The molecule has 0 unspecified atom stereocenters. The Balaban J connectivity index is 2.28. The zero-order valence-electron chi connectivity index (χ0n) is 10.4. The fraction of sp³-hybridized carbons (Fsp3) is 0.133. The number of anilines is 1. The predicted molar refractivity (Wildman–Crippen MR) is 70.0 cm³/mol. The molecule has 19 heavy (non-hydrogen) atoms. The van der Waals surface area contributed by atoms with E-state index in [-0.39, 0.29) is 17.8 Å². The summed E-state index contributed by atoms with van der Waals surface area (Å²) in [6.45, 7) is 1.82. The number of hydrogen-bond acceptors (Lipinski definition) is 2. The van der Waals surface area contributed by atoms with E-state index in [1.807, 2.05) is 6.92 Å². The molecule has 0 spiro atoms. The summed E-state index contributed by atoms with van der Waals surface area (Å²) in [5, 5.41) is 0. The van der Waals surface area contributed by atoms with Crippen LogP contribution in [0.25, 0.3) is 0 Å². The second kappa shape index (κ2) is 5.18. The number of nitrogen functional groups attached to an aromatic ring is 1. The summed E-state index contributed by atoms with van der Waals surface area (Å²) in [5.74, 6) is -1.79. The van der Waals surface area contributed by atoms with Gasteiger partial charge in [0.25, 0.3) is 0 Å². The first-order valence-electron chi connectivity index (χ1n) is 5.81. The number of carbonyl (C=O) groups excluding carboxylic acids is 1. The number of aryl methyl sites for hydroxylation is 1. The minimum Gasteiger partial charge on any atom is -0.398 e. The van der Waals surface area contributed by atoms with Crippen molar-refractivity contribution in [2.45, 2.75) is 13.3 Å². The topological polar surface area (TPSA) is 43.1 Å². The van der Waals surface area contributed by atoms with Crippen LogP contribution in [0.1, 0.15) is 21.5 Å². The maximum Gasteiger partial charge on any atom is 0.167 e. The molecule has 2 N–H and O–H groups in total. The highest BCUT2D eigenvalue weighted by atomic mass is 19.1. The molecule has 2 rings (SSSR count). The van der Waals surface area contributed by atoms with Gasteiger partial charge in [-0.05, 0) is 30.7 Å². The maximum atomic E-state index is 13.5. The molecule has 0 heterocycles. The molecule has 0 aliphatic heterocycles. The van der Waals surface area contributed by atoms with Gasteiger partial charge in [0.1, 0.15) is 11.6 Å². The number of ketones is 1. The zero-order valence-corrected chi connectivity index (χ0v) is 10.4. The number of nitrogens with two attached hydrogens (primary N) is 1. The fourth-order valence-corrected chi connectivity index (χ4v) is 1.78. The second-order valence-corrected chi connectivity index (χ2v) is 4.37. The molecule has 0 radical (unpaired) electrons. The van der Waals surface area contributed by atoms with Crippen molar-refractivity contribution < 1.29 is 13.6 Å². The molecule has 2 nitrogen and oxygen atoms in total. The van der Waals surface area contributed by atoms with Crippen LogP contribution in [0.2, 0.25) is 0 Å². The van der Waals surface area contributed by atoms with Gasteiger partial charge in [0.2, 0.25) is 0 Å². The van der Waals surface area contributed by atoms with Crippen LogP contribution in [0.15, 0.2) is 36.4 Å². The van der Waals surface area contributed by atoms with Crippen molar-refractivity contribution in [2.75, 3.05) is 5.73 Å². The van der Waals surface area contributed by atoms with Crippen LogP contribution < -0.4 is 5.73 Å². The van der Waals surface area contributed by atoms with Crippen LogP contribution in [-0.2, 0) is 6.42 Å². The van der Waals surface area contributed by atoms with Crippen LogP contribution >= 0.6 is 0 Å². The monoisotopic (exact) mass is 261 g/mol. The molecule has 0 amide bonds. The van der Waals surface area contributed by atoms with Crippen LogP contribution in [-0.4, -0.2) is 5.78 Å². The molecule has 0 saturated carbocycles. The van der Waals surface area contributed by atoms with Gasteiger partial charge in [0.05, 0.1) is 0 Å². The Hall–Kier alpha value is -2.23. The zero-order chi connectivity index (χ0) is 14.0. The molecular weight excluding hydrogens is 248 g/mol. The van der Waals surface area contributed by atoms with Gasteiger partial charge in [0, 0.05) is 23.2 Å². The molecule has 0 saturated heterocycles. The molecule has 0 atom stereocenters. The summed E-state index contributed by atoms with van der Waals surface area (Å²) < 4.78 is 26.9. The maximum absolute atomic E-state index is 13.5. The molecule has 0 aliphatic carbocycles. The number of carbonyl (C=O) groups is 1. The van der Waals surface area contributed by atoms with Gasteiger partial charge in [-0.1, -0.05) is 18.2 Å². The average Bonchev–Trinajstić information content (AvgIpc) is 2.37. The molecule has 0 bridgehead atoms. The lowest BCUT2D eigenvalue weighted by Crippen LogP contribution is -2.08. The fourth-order valence-electron chi connectivity index (χ4n) is 1.78. The summed E-state index contributed by atoms with van der Waals surface area (Å²) in [7, 11) is 0. The Kier molecular flexibility index (Phi) is 3.60. The molecule has 2 aromatic carbocycles. The minimum absolute atomic E-state index is 0.216. The van der Waals surface area contributed by atoms with Crippen molar-refractivity contribution in [3.63, 3.8) is 0 Å². The third-order valence-electron chi connectivity index (χ3n) is 3.00. The normalized spacial score (nSPS) is 10.5. The Bertz CT molecular complexity index is 618. The van der Waals surface area contributed by atoms with Gasteiger partial charge < -0.3 is 5.73 Å². The van der Waals surface area contributed by atoms with Gasteiger partial charge in [-0.2, -0.15) is 0 Å². The van der Waals surface area contributed by atoms with E-state index in [4.69, 9.17) is 5.73 Å². The highest BCUT2D eigenvalue weighted by Crippen LogP contribution is 2.18. The van der Waals surface area contributed by atoms with Crippen molar-refractivity contribution in [1.29, 1.82) is 0 Å². The van der Waals surface area contributed by atoms with Crippen molar-refractivity contribution >= 4 is 11.5 Å². The van der Waals surface area contributed by atoms with Crippen molar-refractivity contribution in [2.24, 2.45) is 0 Å². The lowest BCUT2D eigenvalue weighted by atomic mass is 10.0. The third kappa shape index (κ3) is 2.78. The number of halogens is 2. The van der Waals surface area contributed by atoms with Gasteiger partial charge in [-0.3, -0.25) is 4.79 Å². The summed E-state index contributed by atoms with van der Waals surface area (Å²) in [6, 6.07) is 8.37. The summed E-state index contributed by atoms with van der Waals surface area (Å²) in [6.07, 6.45) is -0.318. The molecule has 98 valence electrons. The Morgan fingerprint density at radius 3 is 2.37 bits per heavy atom. The number of hydrogen-bond donors (Lipinski definition) is 1. The number of rotatable bonds is 3. The summed E-state index contributed by atoms with van der Waals surface area (Å²) >= 11 is 0. The summed E-state index contributed by atoms with van der Waals surface area (Å²) in [4.78, 5) is 12.0. The lowest BCUT2D eigenvalue weighted by molar-refractivity contribution is 0.0990. The van der Waals surface area contributed by atoms with Crippen LogP contribution in [0.5, 0.6) is 0 Å². The highest BCUT2D eigenvalue weighted by Gasteiger charge is 2.14. The Morgan fingerprint density at radius 1 is 1.16 bits per heavy atom. The smallest absolute Gasteiger partial charge is 0.167 e. The minimum atomic E-state index is -0.714. The SMILES string of the molecule is Cc1ccc(C(=O)Cc2c(F)cccc2F)cc1N. The van der Waals surface area contributed by atoms with Crippen LogP contribution in [0, 0.1) is 18.6 Å². The second-order valence-electron chi connectivity index (χ2n) is 4.37. The molecule has 2 aromatic rings. The first-order chi connectivity index (χ1) is 8.99. The standard InChI is InChI=1S/C15H13F2NO/c1-9-5-6-10(7-14(9)18)15(19)8-11-12(16)3-2-4-13(11)17/h2-7H,8,18H2,1H3. The van der Waals surface area contributed by atoms with Crippen molar-refractivity contribution in [3.8, 4) is 0 Å². The predicted octanol–water partition coefficient (Wildman–Crippen LogP) is 3.28. The Labute approximate surface area is 109 Å². The van der Waals surface area contributed by atoms with E-state index < -0.39 is 11.6 Å². The molecular formula is C15H13F2NO.